The average Bonchev–Trinajstić information content (AvgIpc) is 3.11. The van der Waals surface area contributed by atoms with Crippen molar-refractivity contribution in [2.24, 2.45) is 5.41 Å². The Morgan fingerprint density at radius 2 is 1.89 bits per heavy atom. The Bertz CT molecular complexity index is 845. The highest BCUT2D eigenvalue weighted by molar-refractivity contribution is 5.79. The van der Waals surface area contributed by atoms with E-state index < -0.39 is 23.2 Å². The molecule has 1 heterocycles. The van der Waals surface area contributed by atoms with Gasteiger partial charge in [0.1, 0.15) is 6.61 Å². The van der Waals surface area contributed by atoms with Gasteiger partial charge in [0.25, 0.3) is 0 Å². The standard InChI is InChI=1S/C21H23FN2O4/c1-21(19(25)26)11-12-24(14-21)20(27)23-17(15-7-3-2-4-8-15)13-28-18-10-6-5-9-16(18)22/h2-10,17H,11-14H2,1H3,(H,23,27)(H,25,26). The fraction of sp³-hybridized carbons (Fsp3) is 0.333. The van der Waals surface area contributed by atoms with Crippen molar-refractivity contribution in [3.05, 3.63) is 66.0 Å². The van der Waals surface area contributed by atoms with Crippen molar-refractivity contribution in [3.63, 3.8) is 0 Å². The van der Waals surface area contributed by atoms with Crippen LogP contribution in [-0.4, -0.2) is 41.7 Å². The van der Waals surface area contributed by atoms with E-state index in [2.05, 4.69) is 5.32 Å². The number of nitrogens with zero attached hydrogens (tertiary/aromatic N) is 1. The number of urea groups is 1. The SMILES string of the molecule is CC1(C(=O)O)CCN(C(=O)NC(COc2ccccc2F)c2ccccc2)C1. The van der Waals surface area contributed by atoms with Gasteiger partial charge in [-0.3, -0.25) is 4.79 Å². The van der Waals surface area contributed by atoms with Crippen LogP contribution < -0.4 is 10.1 Å². The van der Waals surface area contributed by atoms with Crippen LogP contribution in [0.15, 0.2) is 54.6 Å². The molecule has 2 amide bonds. The van der Waals surface area contributed by atoms with Gasteiger partial charge in [-0.2, -0.15) is 0 Å². The molecule has 1 fully saturated rings. The first-order valence-corrected chi connectivity index (χ1v) is 9.10. The molecule has 2 atom stereocenters. The van der Waals surface area contributed by atoms with Gasteiger partial charge in [-0.25, -0.2) is 9.18 Å². The topological polar surface area (TPSA) is 78.9 Å². The zero-order chi connectivity index (χ0) is 20.1. The minimum Gasteiger partial charge on any atom is -0.488 e. The Hall–Kier alpha value is -3.09. The van der Waals surface area contributed by atoms with Crippen molar-refractivity contribution in [3.8, 4) is 5.75 Å². The Morgan fingerprint density at radius 1 is 1.21 bits per heavy atom. The van der Waals surface area contributed by atoms with Gasteiger partial charge in [0.15, 0.2) is 11.6 Å². The maximum atomic E-state index is 13.8. The van der Waals surface area contributed by atoms with Crippen LogP contribution in [0.25, 0.3) is 0 Å². The molecule has 28 heavy (non-hydrogen) atoms. The van der Waals surface area contributed by atoms with E-state index in [1.54, 1.807) is 19.1 Å². The van der Waals surface area contributed by atoms with Crippen LogP contribution in [0.5, 0.6) is 5.75 Å². The molecule has 0 bridgehead atoms. The molecule has 0 saturated carbocycles. The third-order valence-corrected chi connectivity index (χ3v) is 5.02. The number of nitrogens with one attached hydrogen (secondary N) is 1. The van der Waals surface area contributed by atoms with Crippen molar-refractivity contribution in [2.75, 3.05) is 19.7 Å². The zero-order valence-electron chi connectivity index (χ0n) is 15.6. The van der Waals surface area contributed by atoms with Crippen molar-refractivity contribution in [1.29, 1.82) is 0 Å². The van der Waals surface area contributed by atoms with Gasteiger partial charge in [-0.05, 0) is 31.0 Å². The Balaban J connectivity index is 1.70. The number of carbonyl (C=O) groups is 2. The van der Waals surface area contributed by atoms with E-state index in [9.17, 15) is 19.1 Å². The van der Waals surface area contributed by atoms with Gasteiger partial charge < -0.3 is 20.1 Å². The maximum absolute atomic E-state index is 13.8. The number of carbonyl (C=O) groups excluding carboxylic acids is 1. The minimum atomic E-state index is -0.941. The van der Waals surface area contributed by atoms with E-state index in [4.69, 9.17) is 4.74 Å². The Morgan fingerprint density at radius 3 is 2.54 bits per heavy atom. The van der Waals surface area contributed by atoms with E-state index in [1.807, 2.05) is 30.3 Å². The molecule has 1 saturated heterocycles. The van der Waals surface area contributed by atoms with E-state index in [0.29, 0.717) is 13.0 Å². The van der Waals surface area contributed by atoms with E-state index in [0.717, 1.165) is 5.56 Å². The number of benzene rings is 2. The monoisotopic (exact) mass is 386 g/mol. The van der Waals surface area contributed by atoms with Crippen molar-refractivity contribution in [1.82, 2.24) is 10.2 Å². The predicted octanol–water partition coefficient (Wildman–Crippen LogP) is 3.45. The highest BCUT2D eigenvalue weighted by atomic mass is 19.1. The van der Waals surface area contributed by atoms with E-state index >= 15 is 0 Å². The highest BCUT2D eigenvalue weighted by Crippen LogP contribution is 2.30. The fourth-order valence-electron chi connectivity index (χ4n) is 3.19. The maximum Gasteiger partial charge on any atom is 0.318 e. The Labute approximate surface area is 162 Å². The molecule has 1 aliphatic rings. The molecular formula is C21H23FN2O4. The summed E-state index contributed by atoms with van der Waals surface area (Å²) in [5.74, 6) is -1.28. The second-order valence-corrected chi connectivity index (χ2v) is 7.19. The van der Waals surface area contributed by atoms with Crippen LogP contribution in [0.4, 0.5) is 9.18 Å². The summed E-state index contributed by atoms with van der Waals surface area (Å²) in [6, 6.07) is 14.4. The van der Waals surface area contributed by atoms with Crippen molar-refractivity contribution < 1.29 is 23.8 Å². The molecule has 6 nitrogen and oxygen atoms in total. The molecule has 0 radical (unpaired) electrons. The number of halogens is 1. The molecule has 7 heteroatoms. The zero-order valence-corrected chi connectivity index (χ0v) is 15.6. The third kappa shape index (κ3) is 4.42. The van der Waals surface area contributed by atoms with Crippen molar-refractivity contribution in [2.45, 2.75) is 19.4 Å². The highest BCUT2D eigenvalue weighted by Gasteiger charge is 2.42. The largest absolute Gasteiger partial charge is 0.488 e. The number of rotatable bonds is 6. The summed E-state index contributed by atoms with van der Waals surface area (Å²) in [6.07, 6.45) is 0.400. The molecule has 0 aromatic heterocycles. The third-order valence-electron chi connectivity index (χ3n) is 5.02. The molecular weight excluding hydrogens is 363 g/mol. The lowest BCUT2D eigenvalue weighted by molar-refractivity contribution is -0.147. The molecule has 2 aromatic carbocycles. The number of ether oxygens (including phenoxy) is 1. The summed E-state index contributed by atoms with van der Waals surface area (Å²) in [4.78, 5) is 25.6. The summed E-state index contributed by atoms with van der Waals surface area (Å²) in [7, 11) is 0. The summed E-state index contributed by atoms with van der Waals surface area (Å²) in [5.41, 5.74) is -0.129. The van der Waals surface area contributed by atoms with Crippen LogP contribution in [0.1, 0.15) is 24.9 Å². The van der Waals surface area contributed by atoms with Crippen molar-refractivity contribution >= 4 is 12.0 Å². The predicted molar refractivity (Wildman–Crippen MR) is 102 cm³/mol. The van der Waals surface area contributed by atoms with Gasteiger partial charge in [0.2, 0.25) is 0 Å². The number of amides is 2. The van der Waals surface area contributed by atoms with Crippen LogP contribution in [-0.2, 0) is 4.79 Å². The minimum absolute atomic E-state index is 0.0424. The van der Waals surface area contributed by atoms with Crippen LogP contribution in [0, 0.1) is 11.2 Å². The van der Waals surface area contributed by atoms with Gasteiger partial charge in [-0.1, -0.05) is 42.5 Å². The number of hydrogen-bond donors (Lipinski definition) is 2. The lowest BCUT2D eigenvalue weighted by Gasteiger charge is -2.25. The van der Waals surface area contributed by atoms with Crippen LogP contribution >= 0.6 is 0 Å². The van der Waals surface area contributed by atoms with E-state index in [1.165, 1.54) is 17.0 Å². The van der Waals surface area contributed by atoms with Gasteiger partial charge >= 0.3 is 12.0 Å². The van der Waals surface area contributed by atoms with E-state index in [-0.39, 0.29) is 24.9 Å². The number of carboxylic acid groups (broad SMARTS) is 1. The smallest absolute Gasteiger partial charge is 0.318 e. The van der Waals surface area contributed by atoms with Gasteiger partial charge in [-0.15, -0.1) is 0 Å². The van der Waals surface area contributed by atoms with Gasteiger partial charge in [0, 0.05) is 13.1 Å². The second kappa shape index (κ2) is 8.29. The second-order valence-electron chi connectivity index (χ2n) is 7.19. The summed E-state index contributed by atoms with van der Waals surface area (Å²) in [5, 5.41) is 12.2. The Kier molecular flexibility index (Phi) is 5.82. The first-order valence-electron chi connectivity index (χ1n) is 9.10. The molecule has 148 valence electrons. The normalized spacial score (nSPS) is 19.9. The average molecular weight is 386 g/mol. The van der Waals surface area contributed by atoms with Gasteiger partial charge in [0.05, 0.1) is 11.5 Å². The molecule has 2 unspecified atom stereocenters. The molecule has 2 N–H and O–H groups in total. The molecule has 0 spiro atoms. The quantitative estimate of drug-likeness (QED) is 0.797. The number of aliphatic carboxylic acids is 1. The first-order chi connectivity index (χ1) is 13.4. The fourth-order valence-corrected chi connectivity index (χ4v) is 3.19. The number of likely N-dealkylation sites (tertiary alicyclic amines) is 1. The first kappa shape index (κ1) is 19.7. The molecule has 3 rings (SSSR count). The summed E-state index contributed by atoms with van der Waals surface area (Å²) >= 11 is 0. The number of carboxylic acids is 1. The molecule has 2 aromatic rings. The molecule has 1 aliphatic heterocycles. The lowest BCUT2D eigenvalue weighted by Crippen LogP contribution is -2.43. The number of para-hydroxylation sites is 1. The lowest BCUT2D eigenvalue weighted by atomic mass is 9.90. The summed E-state index contributed by atoms with van der Waals surface area (Å²) < 4.78 is 19.4. The number of hydrogen-bond acceptors (Lipinski definition) is 3. The van der Waals surface area contributed by atoms with Crippen LogP contribution in [0.2, 0.25) is 0 Å². The summed E-state index contributed by atoms with van der Waals surface area (Å²) in [6.45, 7) is 2.19. The molecule has 0 aliphatic carbocycles. The van der Waals surface area contributed by atoms with Crippen LogP contribution in [0.3, 0.4) is 0 Å².